The molecule has 0 saturated heterocycles. The summed E-state index contributed by atoms with van der Waals surface area (Å²) in [6.45, 7) is 3.47. The van der Waals surface area contributed by atoms with Gasteiger partial charge in [-0.3, -0.25) is 14.6 Å². The molecule has 2 atom stereocenters. The molecule has 2 heterocycles. The molecule has 0 aliphatic heterocycles. The van der Waals surface area contributed by atoms with E-state index in [0.717, 1.165) is 4.88 Å². The van der Waals surface area contributed by atoms with Gasteiger partial charge in [0.1, 0.15) is 30.3 Å². The van der Waals surface area contributed by atoms with E-state index in [4.69, 9.17) is 20.4 Å². The number of hydrogen-bond donors (Lipinski definition) is 3. The number of oxime groups is 1. The number of nitrogens with one attached hydrogen (secondary N) is 1. The fourth-order valence-corrected chi connectivity index (χ4v) is 3.61. The summed E-state index contributed by atoms with van der Waals surface area (Å²) in [5.41, 5.74) is 6.38. The highest BCUT2D eigenvalue weighted by molar-refractivity contribution is 7.06. The van der Waals surface area contributed by atoms with Crippen molar-refractivity contribution in [3.05, 3.63) is 64.5 Å². The molecule has 1 aromatic carbocycles. The van der Waals surface area contributed by atoms with Crippen molar-refractivity contribution < 1.29 is 28.7 Å². The number of nitrogens with zero attached hydrogens (tertiary/aromatic N) is 3. The molecule has 35 heavy (non-hydrogen) atoms. The molecule has 3 aromatic rings. The van der Waals surface area contributed by atoms with Crippen molar-refractivity contribution >= 4 is 29.6 Å². The highest BCUT2D eigenvalue weighted by Gasteiger charge is 2.21. The van der Waals surface area contributed by atoms with Gasteiger partial charge in [0.2, 0.25) is 5.91 Å². The van der Waals surface area contributed by atoms with Gasteiger partial charge >= 0.3 is 0 Å². The Morgan fingerprint density at radius 2 is 2.11 bits per heavy atom. The molecule has 10 nitrogen and oxygen atoms in total. The third kappa shape index (κ3) is 6.80. The van der Waals surface area contributed by atoms with Crippen LogP contribution >= 0.6 is 11.5 Å². The second kappa shape index (κ2) is 12.0. The van der Waals surface area contributed by atoms with Gasteiger partial charge in [-0.2, -0.15) is 4.37 Å². The summed E-state index contributed by atoms with van der Waals surface area (Å²) in [5, 5.41) is 15.1. The summed E-state index contributed by atoms with van der Waals surface area (Å²) in [7, 11) is 0. The molecular weight excluding hydrogens is 477 g/mol. The highest BCUT2D eigenvalue weighted by atomic mass is 32.1. The predicted octanol–water partition coefficient (Wildman–Crippen LogP) is 2.43. The largest absolute Gasteiger partial charge is 0.484 e. The molecule has 2 aromatic heterocycles. The number of aromatic nitrogens is 2. The van der Waals surface area contributed by atoms with Crippen LogP contribution in [0.4, 0.5) is 4.39 Å². The lowest BCUT2D eigenvalue weighted by Gasteiger charge is -2.13. The Labute approximate surface area is 204 Å². The van der Waals surface area contributed by atoms with E-state index in [1.807, 2.05) is 13.8 Å². The topological polar surface area (TPSA) is 149 Å². The van der Waals surface area contributed by atoms with Gasteiger partial charge in [-0.15, -0.1) is 0 Å². The van der Waals surface area contributed by atoms with Crippen LogP contribution in [0.25, 0.3) is 11.3 Å². The van der Waals surface area contributed by atoms with Gasteiger partial charge in [0.05, 0.1) is 40.8 Å². The SMILES string of the molecule is CCO/N=C/c1ccc(OC(C)c2cc(-c3ccc(C(=O)N[C@@H](CO)C(N)=O)c(F)c3)ns2)cn1. The molecule has 2 amide bonds. The van der Waals surface area contributed by atoms with E-state index in [2.05, 4.69) is 19.8 Å². The summed E-state index contributed by atoms with van der Waals surface area (Å²) < 4.78 is 24.9. The van der Waals surface area contributed by atoms with Crippen LogP contribution in [0.5, 0.6) is 5.75 Å². The zero-order chi connectivity index (χ0) is 25.4. The number of pyridine rings is 1. The first-order valence-corrected chi connectivity index (χ1v) is 11.3. The zero-order valence-electron chi connectivity index (χ0n) is 19.0. The smallest absolute Gasteiger partial charge is 0.254 e. The van der Waals surface area contributed by atoms with E-state index in [1.165, 1.54) is 35.9 Å². The highest BCUT2D eigenvalue weighted by Crippen LogP contribution is 2.29. The van der Waals surface area contributed by atoms with Crippen molar-refractivity contribution in [3.63, 3.8) is 0 Å². The van der Waals surface area contributed by atoms with Crippen LogP contribution < -0.4 is 15.8 Å². The van der Waals surface area contributed by atoms with Crippen molar-refractivity contribution in [1.82, 2.24) is 14.7 Å². The summed E-state index contributed by atoms with van der Waals surface area (Å²) in [4.78, 5) is 33.3. The van der Waals surface area contributed by atoms with E-state index in [9.17, 15) is 14.0 Å². The number of carbonyl (C=O) groups excluding carboxylic acids is 2. The Hall–Kier alpha value is -3.90. The number of ether oxygens (including phenoxy) is 1. The lowest BCUT2D eigenvalue weighted by Crippen LogP contribution is -2.47. The number of aliphatic hydroxyl groups is 1. The molecule has 0 spiro atoms. The minimum absolute atomic E-state index is 0.289. The van der Waals surface area contributed by atoms with Crippen LogP contribution in [0.3, 0.4) is 0 Å². The zero-order valence-corrected chi connectivity index (χ0v) is 19.8. The maximum Gasteiger partial charge on any atom is 0.254 e. The van der Waals surface area contributed by atoms with Crippen LogP contribution in [0, 0.1) is 5.82 Å². The van der Waals surface area contributed by atoms with Crippen LogP contribution in [-0.2, 0) is 9.63 Å². The minimum Gasteiger partial charge on any atom is -0.484 e. The number of amides is 2. The molecule has 0 bridgehead atoms. The Balaban J connectivity index is 1.67. The van der Waals surface area contributed by atoms with Gasteiger partial charge in [-0.05, 0) is 55.7 Å². The number of aliphatic hydroxyl groups excluding tert-OH is 1. The average molecular weight is 502 g/mol. The normalized spacial score (nSPS) is 12.8. The molecule has 184 valence electrons. The van der Waals surface area contributed by atoms with Gasteiger partial charge in [0.15, 0.2) is 0 Å². The van der Waals surface area contributed by atoms with E-state index in [1.54, 1.807) is 24.4 Å². The molecule has 3 rings (SSSR count). The van der Waals surface area contributed by atoms with Gasteiger partial charge in [-0.1, -0.05) is 11.2 Å². The van der Waals surface area contributed by atoms with E-state index >= 15 is 0 Å². The van der Waals surface area contributed by atoms with Gasteiger partial charge in [0.25, 0.3) is 5.91 Å². The lowest BCUT2D eigenvalue weighted by atomic mass is 10.1. The Morgan fingerprint density at radius 1 is 1.31 bits per heavy atom. The quantitative estimate of drug-likeness (QED) is 0.270. The first-order chi connectivity index (χ1) is 16.8. The first kappa shape index (κ1) is 25.7. The maximum absolute atomic E-state index is 14.6. The van der Waals surface area contributed by atoms with Crippen molar-refractivity contribution in [2.24, 2.45) is 10.9 Å². The van der Waals surface area contributed by atoms with Crippen LogP contribution in [0.15, 0.2) is 47.8 Å². The van der Waals surface area contributed by atoms with Crippen LogP contribution in [-0.4, -0.2) is 51.7 Å². The average Bonchev–Trinajstić information content (AvgIpc) is 3.34. The second-order valence-electron chi connectivity index (χ2n) is 7.25. The number of nitrogens with two attached hydrogens (primary N) is 1. The minimum atomic E-state index is -1.31. The standard InChI is InChI=1S/C23H24FN5O5S/c1-3-33-27-10-15-5-6-16(11-26-15)34-13(2)21-9-19(29-35-21)14-4-7-17(18(24)8-14)23(32)28-20(12-30)22(25)31/h4-11,13,20,30H,3,12H2,1-2H3,(H2,25,31)(H,28,32)/b27-10+/t13?,20-/m0/s1. The Morgan fingerprint density at radius 3 is 2.74 bits per heavy atom. The summed E-state index contributed by atoms with van der Waals surface area (Å²) in [6, 6.07) is 7.95. The van der Waals surface area contributed by atoms with Crippen LogP contribution in [0.1, 0.15) is 40.9 Å². The summed E-state index contributed by atoms with van der Waals surface area (Å²) in [6.07, 6.45) is 2.73. The molecule has 0 fully saturated rings. The van der Waals surface area contributed by atoms with E-state index < -0.39 is 30.3 Å². The first-order valence-electron chi connectivity index (χ1n) is 10.6. The number of benzene rings is 1. The molecule has 0 aliphatic rings. The molecule has 1 unspecified atom stereocenters. The van der Waals surface area contributed by atoms with Gasteiger partial charge in [0, 0.05) is 5.56 Å². The third-order valence-corrected chi connectivity index (χ3v) is 5.68. The van der Waals surface area contributed by atoms with E-state index in [-0.39, 0.29) is 11.7 Å². The third-order valence-electron chi connectivity index (χ3n) is 4.73. The maximum atomic E-state index is 14.6. The summed E-state index contributed by atoms with van der Waals surface area (Å²) in [5.74, 6) is -2.04. The second-order valence-corrected chi connectivity index (χ2v) is 8.09. The van der Waals surface area contributed by atoms with Crippen molar-refractivity contribution in [2.75, 3.05) is 13.2 Å². The van der Waals surface area contributed by atoms with Gasteiger partial charge in [-0.25, -0.2) is 4.39 Å². The molecule has 0 saturated carbocycles. The Kier molecular flexibility index (Phi) is 8.81. The van der Waals surface area contributed by atoms with Gasteiger partial charge < -0.3 is 25.7 Å². The van der Waals surface area contributed by atoms with Crippen LogP contribution in [0.2, 0.25) is 0 Å². The molecular formula is C23H24FN5O5S. The molecule has 4 N–H and O–H groups in total. The number of primary amides is 1. The number of carbonyl (C=O) groups is 2. The fraction of sp³-hybridized carbons (Fsp3) is 0.261. The van der Waals surface area contributed by atoms with E-state index in [0.29, 0.717) is 29.3 Å². The Bertz CT molecular complexity index is 1200. The van der Waals surface area contributed by atoms with Crippen molar-refractivity contribution in [2.45, 2.75) is 26.0 Å². The molecule has 0 aliphatic carbocycles. The van der Waals surface area contributed by atoms with Crippen molar-refractivity contribution in [3.8, 4) is 17.0 Å². The molecule has 12 heteroatoms. The summed E-state index contributed by atoms with van der Waals surface area (Å²) >= 11 is 1.21. The monoisotopic (exact) mass is 501 g/mol. The number of rotatable bonds is 11. The van der Waals surface area contributed by atoms with Crippen molar-refractivity contribution in [1.29, 1.82) is 0 Å². The predicted molar refractivity (Wildman–Crippen MR) is 128 cm³/mol. The fourth-order valence-electron chi connectivity index (χ4n) is 2.88. The lowest BCUT2D eigenvalue weighted by molar-refractivity contribution is -0.120. The number of hydrogen-bond acceptors (Lipinski definition) is 9. The number of halogens is 1. The molecule has 0 radical (unpaired) electrons.